The van der Waals surface area contributed by atoms with Crippen LogP contribution >= 0.6 is 79.5 Å². The smallest absolute Gasteiger partial charge is 0.338 e. The normalized spacial score (nSPS) is 14.7. The Kier molecular flexibility index (Phi) is 9.71. The first kappa shape index (κ1) is 31.2. The number of thiazole rings is 1. The summed E-state index contributed by atoms with van der Waals surface area (Å²) in [5, 5.41) is 2.60. The standard InChI is InChI=1S/C33H23ClI2N2O4S2/c1-2-41-32(40)27-28(20-9-4-3-5-10-20)37-33-38(29(27)25-13-8-14-43-25)31(39)26(44-33)17-19-15-23(35)30(24(36)16-19)42-18-21-11-6-7-12-22(21)34/h3-17,29H,2,18H2,1H3/b26-17-/t29-/m0/s1. The highest BCUT2D eigenvalue weighted by Crippen LogP contribution is 2.37. The van der Waals surface area contributed by atoms with E-state index in [4.69, 9.17) is 26.1 Å². The Balaban J connectivity index is 1.46. The molecule has 0 fully saturated rings. The van der Waals surface area contributed by atoms with Gasteiger partial charge in [0.1, 0.15) is 18.4 Å². The molecule has 2 aromatic heterocycles. The van der Waals surface area contributed by atoms with Gasteiger partial charge in [-0.25, -0.2) is 9.79 Å². The van der Waals surface area contributed by atoms with Gasteiger partial charge in [0.05, 0.1) is 29.5 Å². The Bertz CT molecular complexity index is 2050. The zero-order valence-electron chi connectivity index (χ0n) is 23.1. The van der Waals surface area contributed by atoms with Crippen LogP contribution in [-0.4, -0.2) is 17.1 Å². The van der Waals surface area contributed by atoms with E-state index in [1.54, 1.807) is 11.5 Å². The number of esters is 1. The molecule has 6 rings (SSSR count). The van der Waals surface area contributed by atoms with Crippen molar-refractivity contribution in [3.63, 3.8) is 0 Å². The topological polar surface area (TPSA) is 69.9 Å². The summed E-state index contributed by atoms with van der Waals surface area (Å²) in [6.07, 6.45) is 1.87. The number of aromatic nitrogens is 1. The van der Waals surface area contributed by atoms with Crippen molar-refractivity contribution in [2.75, 3.05) is 6.61 Å². The Morgan fingerprint density at radius 2 is 1.77 bits per heavy atom. The summed E-state index contributed by atoms with van der Waals surface area (Å²) in [5.41, 5.74) is 3.19. The zero-order valence-corrected chi connectivity index (χ0v) is 29.8. The van der Waals surface area contributed by atoms with Crippen molar-refractivity contribution in [1.82, 2.24) is 4.57 Å². The van der Waals surface area contributed by atoms with Crippen LogP contribution in [0.5, 0.6) is 5.75 Å². The molecule has 0 aliphatic carbocycles. The van der Waals surface area contributed by atoms with E-state index in [0.29, 0.717) is 32.2 Å². The van der Waals surface area contributed by atoms with Gasteiger partial charge in [-0.15, -0.1) is 11.3 Å². The number of benzene rings is 3. The van der Waals surface area contributed by atoms with E-state index in [1.165, 1.54) is 22.7 Å². The maximum Gasteiger partial charge on any atom is 0.338 e. The third-order valence-electron chi connectivity index (χ3n) is 6.83. The highest BCUT2D eigenvalue weighted by atomic mass is 127. The number of carbonyl (C=O) groups is 1. The lowest BCUT2D eigenvalue weighted by Crippen LogP contribution is -2.39. The number of halogens is 3. The molecule has 3 heterocycles. The number of hydrogen-bond acceptors (Lipinski definition) is 7. The van der Waals surface area contributed by atoms with Crippen molar-refractivity contribution < 1.29 is 14.3 Å². The molecular weight excluding hydrogens is 842 g/mol. The van der Waals surface area contributed by atoms with E-state index >= 15 is 0 Å². The van der Waals surface area contributed by atoms with Crippen LogP contribution in [0.15, 0.2) is 99.6 Å². The van der Waals surface area contributed by atoms with E-state index in [1.807, 2.05) is 90.3 Å². The lowest BCUT2D eigenvalue weighted by Gasteiger charge is -2.24. The minimum absolute atomic E-state index is 0.210. The molecule has 0 saturated heterocycles. The van der Waals surface area contributed by atoms with Crippen molar-refractivity contribution in [2.45, 2.75) is 19.6 Å². The molecule has 3 aromatic carbocycles. The summed E-state index contributed by atoms with van der Waals surface area (Å²) in [6.45, 7) is 2.33. The monoisotopic (exact) mass is 864 g/mol. The molecule has 5 aromatic rings. The van der Waals surface area contributed by atoms with Gasteiger partial charge in [-0.2, -0.15) is 0 Å². The van der Waals surface area contributed by atoms with E-state index in [9.17, 15) is 9.59 Å². The molecule has 0 unspecified atom stereocenters. The number of hydrogen-bond donors (Lipinski definition) is 0. The highest BCUT2D eigenvalue weighted by molar-refractivity contribution is 14.1. The summed E-state index contributed by atoms with van der Waals surface area (Å²) in [6, 6.07) is 24.3. The molecule has 0 radical (unpaired) electrons. The van der Waals surface area contributed by atoms with Gasteiger partial charge < -0.3 is 9.47 Å². The fraction of sp³-hybridized carbons (Fsp3) is 0.121. The molecule has 44 heavy (non-hydrogen) atoms. The summed E-state index contributed by atoms with van der Waals surface area (Å²) >= 11 is 13.6. The summed E-state index contributed by atoms with van der Waals surface area (Å²) in [5.74, 6) is 0.272. The molecule has 0 spiro atoms. The maximum absolute atomic E-state index is 14.1. The van der Waals surface area contributed by atoms with Gasteiger partial charge in [0.15, 0.2) is 4.80 Å². The molecule has 0 amide bonds. The van der Waals surface area contributed by atoms with Crippen molar-refractivity contribution in [1.29, 1.82) is 0 Å². The highest BCUT2D eigenvalue weighted by Gasteiger charge is 2.35. The predicted molar refractivity (Wildman–Crippen MR) is 193 cm³/mol. The van der Waals surface area contributed by atoms with Gasteiger partial charge in [-0.1, -0.05) is 77.5 Å². The van der Waals surface area contributed by atoms with E-state index in [2.05, 4.69) is 45.2 Å². The minimum atomic E-state index is -0.663. The maximum atomic E-state index is 14.1. The average molecular weight is 865 g/mol. The number of rotatable bonds is 8. The van der Waals surface area contributed by atoms with Gasteiger partial charge in [-0.05, 0) is 93.4 Å². The van der Waals surface area contributed by atoms with Crippen LogP contribution in [-0.2, 0) is 16.1 Å². The van der Waals surface area contributed by atoms with E-state index in [-0.39, 0.29) is 12.2 Å². The zero-order chi connectivity index (χ0) is 30.8. The third-order valence-corrected chi connectivity index (χ3v) is 10.7. The first-order chi connectivity index (χ1) is 21.4. The molecule has 6 nitrogen and oxygen atoms in total. The van der Waals surface area contributed by atoms with Crippen LogP contribution in [0, 0.1) is 7.14 Å². The Morgan fingerprint density at radius 3 is 2.45 bits per heavy atom. The molecule has 0 N–H and O–H groups in total. The fourth-order valence-corrected chi connectivity index (χ4v) is 9.02. The van der Waals surface area contributed by atoms with E-state index < -0.39 is 12.0 Å². The second-order valence-corrected chi connectivity index (χ2v) is 14.4. The van der Waals surface area contributed by atoms with Crippen LogP contribution in [0.25, 0.3) is 11.8 Å². The molecule has 1 aliphatic heterocycles. The molecule has 11 heteroatoms. The molecule has 222 valence electrons. The van der Waals surface area contributed by atoms with Crippen molar-refractivity contribution >= 4 is 97.2 Å². The SMILES string of the molecule is CCOC(=O)C1=C(c2ccccc2)N=c2s/c(=C\c3cc(I)c(OCc4ccccc4Cl)c(I)c3)c(=O)n2[C@H]1c1cccs1. The molecule has 0 bridgehead atoms. The van der Waals surface area contributed by atoms with Crippen molar-refractivity contribution in [2.24, 2.45) is 4.99 Å². The summed E-state index contributed by atoms with van der Waals surface area (Å²) in [7, 11) is 0. The number of fused-ring (bicyclic) bond motifs is 1. The summed E-state index contributed by atoms with van der Waals surface area (Å²) in [4.78, 5) is 33.9. The number of thiophene rings is 1. The molecule has 1 atom stereocenters. The number of ether oxygens (including phenoxy) is 2. The average Bonchev–Trinajstić information content (AvgIpc) is 3.66. The predicted octanol–water partition coefficient (Wildman–Crippen LogP) is 7.44. The third kappa shape index (κ3) is 6.32. The van der Waals surface area contributed by atoms with Crippen LogP contribution in [0.2, 0.25) is 5.02 Å². The van der Waals surface area contributed by atoms with Crippen LogP contribution in [0.4, 0.5) is 0 Å². The lowest BCUT2D eigenvalue weighted by molar-refractivity contribution is -0.138. The molecule has 1 aliphatic rings. The Morgan fingerprint density at radius 1 is 1.05 bits per heavy atom. The van der Waals surface area contributed by atoms with Gasteiger partial charge in [0.25, 0.3) is 5.56 Å². The van der Waals surface area contributed by atoms with Crippen LogP contribution < -0.4 is 19.6 Å². The molecular formula is C33H23ClI2N2O4S2. The van der Waals surface area contributed by atoms with Gasteiger partial charge >= 0.3 is 5.97 Å². The largest absolute Gasteiger partial charge is 0.487 e. The van der Waals surface area contributed by atoms with Gasteiger partial charge in [0, 0.05) is 21.0 Å². The number of carbonyl (C=O) groups excluding carboxylic acids is 1. The lowest BCUT2D eigenvalue weighted by atomic mass is 9.97. The van der Waals surface area contributed by atoms with Crippen LogP contribution in [0.3, 0.4) is 0 Å². The Labute approximate surface area is 293 Å². The first-order valence-electron chi connectivity index (χ1n) is 13.5. The van der Waals surface area contributed by atoms with Gasteiger partial charge in [-0.3, -0.25) is 9.36 Å². The second-order valence-electron chi connectivity index (χ2n) is 9.64. The first-order valence-corrected chi connectivity index (χ1v) is 17.8. The van der Waals surface area contributed by atoms with Crippen LogP contribution in [0.1, 0.15) is 34.5 Å². The van der Waals surface area contributed by atoms with Crippen molar-refractivity contribution in [3.8, 4) is 5.75 Å². The second kappa shape index (κ2) is 13.7. The van der Waals surface area contributed by atoms with E-state index in [0.717, 1.165) is 34.5 Å². The Hall–Kier alpha value is -2.78. The summed E-state index contributed by atoms with van der Waals surface area (Å²) < 4.78 is 15.6. The quantitative estimate of drug-likeness (QED) is 0.120. The van der Waals surface area contributed by atoms with Gasteiger partial charge in [0.2, 0.25) is 0 Å². The molecule has 0 saturated carbocycles. The van der Waals surface area contributed by atoms with Crippen molar-refractivity contribution in [3.05, 3.63) is 143 Å². The fourth-order valence-electron chi connectivity index (χ4n) is 4.87. The number of nitrogens with zero attached hydrogens (tertiary/aromatic N) is 2. The minimum Gasteiger partial charge on any atom is -0.487 e.